The number of sulfone groups is 1. The molecule has 9 heteroatoms. The molecule has 0 saturated carbocycles. The van der Waals surface area contributed by atoms with Crippen molar-refractivity contribution in [3.05, 3.63) is 41.8 Å². The van der Waals surface area contributed by atoms with Crippen molar-refractivity contribution in [2.45, 2.75) is 57.2 Å². The SMILES string of the molecule is CC(C)[C@@H](NC(=O)OC(C)(C)C)c1nnc(S(=O)(=O)Cc2ccccc2)o1. The Balaban J connectivity index is 2.18. The maximum Gasteiger partial charge on any atom is 0.408 e. The number of hydrogen-bond donors (Lipinski definition) is 1. The fourth-order valence-electron chi connectivity index (χ4n) is 2.28. The van der Waals surface area contributed by atoms with Crippen LogP contribution in [0.3, 0.4) is 0 Å². The predicted octanol–water partition coefficient (Wildman–Crippen LogP) is 3.27. The molecule has 8 nitrogen and oxygen atoms in total. The van der Waals surface area contributed by atoms with E-state index in [-0.39, 0.29) is 17.6 Å². The number of amides is 1. The second-order valence-electron chi connectivity index (χ2n) is 7.52. The molecule has 0 fully saturated rings. The summed E-state index contributed by atoms with van der Waals surface area (Å²) >= 11 is 0. The van der Waals surface area contributed by atoms with E-state index in [4.69, 9.17) is 9.15 Å². The molecule has 0 saturated heterocycles. The zero-order valence-corrected chi connectivity index (χ0v) is 16.9. The Bertz CT molecular complexity index is 870. The average molecular weight is 395 g/mol. The Morgan fingerprint density at radius 2 is 1.81 bits per heavy atom. The van der Waals surface area contributed by atoms with E-state index >= 15 is 0 Å². The van der Waals surface area contributed by atoms with Crippen molar-refractivity contribution < 1.29 is 22.4 Å². The summed E-state index contributed by atoms with van der Waals surface area (Å²) < 4.78 is 35.6. The molecule has 148 valence electrons. The average Bonchev–Trinajstić information content (AvgIpc) is 3.01. The van der Waals surface area contributed by atoms with Crippen LogP contribution in [-0.2, 0) is 20.3 Å². The molecular weight excluding hydrogens is 370 g/mol. The molecule has 1 aromatic heterocycles. The largest absolute Gasteiger partial charge is 0.444 e. The van der Waals surface area contributed by atoms with Crippen molar-refractivity contribution in [1.82, 2.24) is 15.5 Å². The van der Waals surface area contributed by atoms with E-state index in [2.05, 4.69) is 15.5 Å². The van der Waals surface area contributed by atoms with Crippen LogP contribution < -0.4 is 5.32 Å². The van der Waals surface area contributed by atoms with Crippen LogP contribution >= 0.6 is 0 Å². The van der Waals surface area contributed by atoms with Crippen LogP contribution in [0.25, 0.3) is 0 Å². The first-order valence-corrected chi connectivity index (χ1v) is 10.2. The van der Waals surface area contributed by atoms with Gasteiger partial charge in [0.1, 0.15) is 11.6 Å². The van der Waals surface area contributed by atoms with Gasteiger partial charge in [-0.2, -0.15) is 0 Å². The summed E-state index contributed by atoms with van der Waals surface area (Å²) in [6.45, 7) is 8.92. The Labute approximate surface area is 159 Å². The number of alkyl carbamates (subject to hydrolysis) is 1. The van der Waals surface area contributed by atoms with Gasteiger partial charge in [0.25, 0.3) is 0 Å². The summed E-state index contributed by atoms with van der Waals surface area (Å²) in [4.78, 5) is 12.1. The maximum atomic E-state index is 12.5. The molecule has 1 amide bonds. The van der Waals surface area contributed by atoms with Gasteiger partial charge in [0.15, 0.2) is 0 Å². The smallest absolute Gasteiger partial charge is 0.408 e. The number of carbonyl (C=O) groups excluding carboxylic acids is 1. The number of rotatable bonds is 6. The van der Waals surface area contributed by atoms with E-state index in [0.717, 1.165) is 0 Å². The van der Waals surface area contributed by atoms with E-state index in [1.54, 1.807) is 51.1 Å². The molecule has 0 aliphatic carbocycles. The van der Waals surface area contributed by atoms with Gasteiger partial charge in [-0.1, -0.05) is 49.3 Å². The van der Waals surface area contributed by atoms with Crippen LogP contribution in [-0.4, -0.2) is 30.3 Å². The van der Waals surface area contributed by atoms with Gasteiger partial charge in [0, 0.05) is 0 Å². The minimum atomic E-state index is -3.79. The molecule has 1 aromatic carbocycles. The molecule has 0 unspecified atom stereocenters. The minimum absolute atomic E-state index is 0.0162. The highest BCUT2D eigenvalue weighted by atomic mass is 32.2. The van der Waals surface area contributed by atoms with Crippen molar-refractivity contribution in [3.63, 3.8) is 0 Å². The maximum absolute atomic E-state index is 12.5. The number of nitrogens with zero attached hydrogens (tertiary/aromatic N) is 2. The molecule has 2 aromatic rings. The van der Waals surface area contributed by atoms with Crippen LogP contribution in [0.15, 0.2) is 40.0 Å². The van der Waals surface area contributed by atoms with E-state index in [0.29, 0.717) is 5.56 Å². The first-order valence-electron chi connectivity index (χ1n) is 8.57. The third kappa shape index (κ3) is 6.06. The summed E-state index contributed by atoms with van der Waals surface area (Å²) in [5.74, 6) is -0.355. The van der Waals surface area contributed by atoms with Crippen LogP contribution in [0.4, 0.5) is 4.79 Å². The Hall–Kier alpha value is -2.42. The van der Waals surface area contributed by atoms with Gasteiger partial charge in [0.05, 0.1) is 5.75 Å². The third-order valence-electron chi connectivity index (χ3n) is 3.49. The van der Waals surface area contributed by atoms with Crippen LogP contribution in [0.1, 0.15) is 52.1 Å². The fourth-order valence-corrected chi connectivity index (χ4v) is 3.41. The Kier molecular flexibility index (Phi) is 6.25. The molecule has 0 aliphatic heterocycles. The fraction of sp³-hybridized carbons (Fsp3) is 0.500. The van der Waals surface area contributed by atoms with Gasteiger partial charge in [-0.25, -0.2) is 13.2 Å². The highest BCUT2D eigenvalue weighted by Gasteiger charge is 2.30. The van der Waals surface area contributed by atoms with Gasteiger partial charge in [-0.05, 0) is 32.3 Å². The zero-order valence-electron chi connectivity index (χ0n) is 16.1. The van der Waals surface area contributed by atoms with E-state index in [9.17, 15) is 13.2 Å². The normalized spacial score (nSPS) is 13.4. The van der Waals surface area contributed by atoms with E-state index in [1.165, 1.54) is 0 Å². The van der Waals surface area contributed by atoms with Crippen molar-refractivity contribution in [2.75, 3.05) is 0 Å². The predicted molar refractivity (Wildman–Crippen MR) is 98.6 cm³/mol. The summed E-state index contributed by atoms with van der Waals surface area (Å²) in [5.41, 5.74) is -0.0468. The second-order valence-corrected chi connectivity index (χ2v) is 9.39. The van der Waals surface area contributed by atoms with Crippen LogP contribution in [0, 0.1) is 5.92 Å². The lowest BCUT2D eigenvalue weighted by Gasteiger charge is -2.23. The molecule has 0 bridgehead atoms. The molecular formula is C18H25N3O5S. The molecule has 27 heavy (non-hydrogen) atoms. The highest BCUT2D eigenvalue weighted by Crippen LogP contribution is 2.24. The quantitative estimate of drug-likeness (QED) is 0.799. The van der Waals surface area contributed by atoms with Crippen molar-refractivity contribution in [3.8, 4) is 0 Å². The third-order valence-corrected chi connectivity index (χ3v) is 4.90. The van der Waals surface area contributed by atoms with Crippen molar-refractivity contribution in [1.29, 1.82) is 0 Å². The molecule has 1 N–H and O–H groups in total. The standard InChI is InChI=1S/C18H25N3O5S/c1-12(2)14(19-16(22)26-18(3,4)5)15-20-21-17(25-15)27(23,24)11-13-9-7-6-8-10-13/h6-10,12,14H,11H2,1-5H3,(H,19,22)/t14-/m1/s1. The second kappa shape index (κ2) is 8.08. The van der Waals surface area contributed by atoms with Crippen molar-refractivity contribution >= 4 is 15.9 Å². The molecule has 0 spiro atoms. The topological polar surface area (TPSA) is 111 Å². The lowest BCUT2D eigenvalue weighted by molar-refractivity contribution is 0.0477. The number of aromatic nitrogens is 2. The number of ether oxygens (including phenoxy) is 1. The lowest BCUT2D eigenvalue weighted by Crippen LogP contribution is -2.37. The number of benzene rings is 1. The van der Waals surface area contributed by atoms with Gasteiger partial charge >= 0.3 is 11.3 Å². The summed E-state index contributed by atoms with van der Waals surface area (Å²) in [6.07, 6.45) is -0.645. The molecule has 1 heterocycles. The van der Waals surface area contributed by atoms with Crippen LogP contribution in [0.5, 0.6) is 0 Å². The lowest BCUT2D eigenvalue weighted by atomic mass is 10.1. The molecule has 0 aliphatic rings. The highest BCUT2D eigenvalue weighted by molar-refractivity contribution is 7.90. The number of carbonyl (C=O) groups is 1. The Morgan fingerprint density at radius 1 is 1.19 bits per heavy atom. The molecule has 2 rings (SSSR count). The summed E-state index contributed by atoms with van der Waals surface area (Å²) in [5, 5.41) is 9.68. The van der Waals surface area contributed by atoms with Crippen LogP contribution in [0.2, 0.25) is 0 Å². The monoisotopic (exact) mass is 395 g/mol. The Morgan fingerprint density at radius 3 is 2.37 bits per heavy atom. The molecule has 1 atom stereocenters. The summed E-state index contributed by atoms with van der Waals surface area (Å²) in [6, 6.07) is 8.04. The van der Waals surface area contributed by atoms with Crippen molar-refractivity contribution in [2.24, 2.45) is 5.92 Å². The summed E-state index contributed by atoms with van der Waals surface area (Å²) in [7, 11) is -3.79. The minimum Gasteiger partial charge on any atom is -0.444 e. The number of hydrogen-bond acceptors (Lipinski definition) is 7. The first-order chi connectivity index (χ1) is 12.5. The first kappa shape index (κ1) is 20.9. The van der Waals surface area contributed by atoms with Gasteiger partial charge in [-0.15, -0.1) is 5.10 Å². The molecule has 0 radical (unpaired) electrons. The number of nitrogens with one attached hydrogen (secondary N) is 1. The zero-order chi connectivity index (χ0) is 20.2. The van der Waals surface area contributed by atoms with Gasteiger partial charge < -0.3 is 14.5 Å². The van der Waals surface area contributed by atoms with E-state index in [1.807, 2.05) is 13.8 Å². The van der Waals surface area contributed by atoms with Gasteiger partial charge in [0.2, 0.25) is 15.7 Å². The van der Waals surface area contributed by atoms with Gasteiger partial charge in [-0.3, -0.25) is 0 Å². The van der Waals surface area contributed by atoms with E-state index < -0.39 is 32.8 Å².